The van der Waals surface area contributed by atoms with Gasteiger partial charge in [0.1, 0.15) is 5.76 Å². The molecular formula is C14H10F3NO3. The average Bonchev–Trinajstić information content (AvgIpc) is 2.85. The van der Waals surface area contributed by atoms with E-state index >= 15 is 0 Å². The van der Waals surface area contributed by atoms with E-state index in [1.165, 1.54) is 19.1 Å². The number of hydrogen-bond donors (Lipinski definition) is 1. The van der Waals surface area contributed by atoms with Gasteiger partial charge in [-0.3, -0.25) is 9.59 Å². The zero-order valence-corrected chi connectivity index (χ0v) is 10.8. The van der Waals surface area contributed by atoms with Crippen LogP contribution in [0.5, 0.6) is 0 Å². The standard InChI is InChI=1S/C14H10F3NO3/c1-8(20)18-12-4-2-9(14(15,16)17)6-11(12)13-5-3-10(7-19)21-13/h2-7H,1H3,(H,18,20). The first-order chi connectivity index (χ1) is 9.81. The first-order valence-electron chi connectivity index (χ1n) is 5.85. The number of anilines is 1. The van der Waals surface area contributed by atoms with Crippen molar-refractivity contribution in [1.82, 2.24) is 0 Å². The molecule has 7 heteroatoms. The van der Waals surface area contributed by atoms with Crippen LogP contribution in [0.4, 0.5) is 18.9 Å². The van der Waals surface area contributed by atoms with Crippen molar-refractivity contribution in [3.8, 4) is 11.3 Å². The second-order valence-corrected chi connectivity index (χ2v) is 4.26. The number of alkyl halides is 3. The summed E-state index contributed by atoms with van der Waals surface area (Å²) in [4.78, 5) is 21.7. The molecule has 2 aromatic rings. The second kappa shape index (κ2) is 5.43. The molecule has 0 saturated carbocycles. The fourth-order valence-corrected chi connectivity index (χ4v) is 1.78. The first kappa shape index (κ1) is 14.8. The molecule has 1 heterocycles. The van der Waals surface area contributed by atoms with E-state index in [9.17, 15) is 22.8 Å². The predicted molar refractivity (Wildman–Crippen MR) is 68.8 cm³/mol. The number of hydrogen-bond acceptors (Lipinski definition) is 3. The van der Waals surface area contributed by atoms with Gasteiger partial charge >= 0.3 is 6.18 Å². The molecule has 0 fully saturated rings. The van der Waals surface area contributed by atoms with Crippen LogP contribution in [0.3, 0.4) is 0 Å². The number of rotatable bonds is 3. The molecule has 0 aliphatic rings. The maximum atomic E-state index is 12.8. The van der Waals surface area contributed by atoms with E-state index in [0.29, 0.717) is 6.29 Å². The molecule has 1 amide bonds. The van der Waals surface area contributed by atoms with Crippen LogP contribution in [0, 0.1) is 0 Å². The molecule has 4 nitrogen and oxygen atoms in total. The summed E-state index contributed by atoms with van der Waals surface area (Å²) in [5.41, 5.74) is -0.661. The Kier molecular flexibility index (Phi) is 3.84. The number of amides is 1. The molecule has 0 aliphatic carbocycles. The van der Waals surface area contributed by atoms with Gasteiger partial charge < -0.3 is 9.73 Å². The number of aldehydes is 1. The molecule has 1 N–H and O–H groups in total. The van der Waals surface area contributed by atoms with Gasteiger partial charge in [0.05, 0.1) is 11.3 Å². The molecule has 0 saturated heterocycles. The second-order valence-electron chi connectivity index (χ2n) is 4.26. The molecule has 2 rings (SSSR count). The highest BCUT2D eigenvalue weighted by Crippen LogP contribution is 2.36. The Labute approximate surface area is 117 Å². The Bertz CT molecular complexity index is 689. The predicted octanol–water partition coefficient (Wildman–Crippen LogP) is 3.74. The van der Waals surface area contributed by atoms with Gasteiger partial charge in [-0.1, -0.05) is 0 Å². The van der Waals surface area contributed by atoms with Gasteiger partial charge in [0.25, 0.3) is 0 Å². The number of carbonyl (C=O) groups excluding carboxylic acids is 2. The minimum Gasteiger partial charge on any atom is -0.453 e. The van der Waals surface area contributed by atoms with Crippen molar-refractivity contribution in [2.75, 3.05) is 5.32 Å². The number of nitrogens with one attached hydrogen (secondary N) is 1. The third-order valence-corrected chi connectivity index (χ3v) is 2.67. The van der Waals surface area contributed by atoms with Gasteiger partial charge in [-0.05, 0) is 30.3 Å². The number of halogens is 3. The van der Waals surface area contributed by atoms with Gasteiger partial charge in [-0.25, -0.2) is 0 Å². The summed E-state index contributed by atoms with van der Waals surface area (Å²) in [5.74, 6) is -0.388. The van der Waals surface area contributed by atoms with E-state index in [1.807, 2.05) is 0 Å². The third-order valence-electron chi connectivity index (χ3n) is 2.67. The summed E-state index contributed by atoms with van der Waals surface area (Å²) < 4.78 is 43.4. The molecule has 0 atom stereocenters. The summed E-state index contributed by atoms with van der Waals surface area (Å²) in [6, 6.07) is 5.56. The SMILES string of the molecule is CC(=O)Nc1ccc(C(F)(F)F)cc1-c1ccc(C=O)o1. The van der Waals surface area contributed by atoms with Crippen molar-refractivity contribution in [3.05, 3.63) is 41.7 Å². The summed E-state index contributed by atoms with van der Waals surface area (Å²) in [6.07, 6.45) is -4.08. The summed E-state index contributed by atoms with van der Waals surface area (Å²) in [6.45, 7) is 1.24. The van der Waals surface area contributed by atoms with Crippen LogP contribution in [0.25, 0.3) is 11.3 Å². The lowest BCUT2D eigenvalue weighted by Gasteiger charge is -2.12. The van der Waals surface area contributed by atoms with Crippen LogP contribution in [0.1, 0.15) is 23.0 Å². The molecule has 1 aromatic carbocycles. The van der Waals surface area contributed by atoms with Crippen molar-refractivity contribution in [3.63, 3.8) is 0 Å². The minimum atomic E-state index is -4.52. The monoisotopic (exact) mass is 297 g/mol. The number of carbonyl (C=O) groups is 2. The van der Waals surface area contributed by atoms with Crippen LogP contribution in [-0.2, 0) is 11.0 Å². The smallest absolute Gasteiger partial charge is 0.416 e. The lowest BCUT2D eigenvalue weighted by Crippen LogP contribution is -2.09. The molecule has 0 bridgehead atoms. The number of benzene rings is 1. The van der Waals surface area contributed by atoms with E-state index in [2.05, 4.69) is 5.32 Å². The number of furan rings is 1. The van der Waals surface area contributed by atoms with Crippen LogP contribution < -0.4 is 5.32 Å². The summed E-state index contributed by atoms with van der Waals surface area (Å²) in [5, 5.41) is 2.42. The summed E-state index contributed by atoms with van der Waals surface area (Å²) in [7, 11) is 0. The van der Waals surface area contributed by atoms with Crippen molar-refractivity contribution in [2.45, 2.75) is 13.1 Å². The van der Waals surface area contributed by atoms with Crippen molar-refractivity contribution in [1.29, 1.82) is 0 Å². The Hall–Kier alpha value is -2.57. The van der Waals surface area contributed by atoms with Crippen LogP contribution >= 0.6 is 0 Å². The Balaban J connectivity index is 2.57. The highest BCUT2D eigenvalue weighted by molar-refractivity contribution is 5.93. The molecule has 110 valence electrons. The van der Waals surface area contributed by atoms with Crippen molar-refractivity contribution < 1.29 is 27.2 Å². The van der Waals surface area contributed by atoms with Crippen LogP contribution in [-0.4, -0.2) is 12.2 Å². The minimum absolute atomic E-state index is 0.0174. The van der Waals surface area contributed by atoms with E-state index in [0.717, 1.165) is 18.2 Å². The van der Waals surface area contributed by atoms with E-state index in [1.54, 1.807) is 0 Å². The van der Waals surface area contributed by atoms with Gasteiger partial charge in [-0.2, -0.15) is 13.2 Å². The quantitative estimate of drug-likeness (QED) is 0.878. The molecule has 1 aromatic heterocycles. The molecule has 0 radical (unpaired) electrons. The maximum Gasteiger partial charge on any atom is 0.416 e. The third kappa shape index (κ3) is 3.31. The molecule has 0 aliphatic heterocycles. The van der Waals surface area contributed by atoms with E-state index < -0.39 is 17.6 Å². The highest BCUT2D eigenvalue weighted by Gasteiger charge is 2.31. The Morgan fingerprint density at radius 2 is 1.95 bits per heavy atom. The van der Waals surface area contributed by atoms with E-state index in [-0.39, 0.29) is 22.8 Å². The lowest BCUT2D eigenvalue weighted by molar-refractivity contribution is -0.137. The first-order valence-corrected chi connectivity index (χ1v) is 5.85. The molecule has 0 spiro atoms. The van der Waals surface area contributed by atoms with Gasteiger partial charge in [0.2, 0.25) is 5.91 Å². The maximum absolute atomic E-state index is 12.8. The van der Waals surface area contributed by atoms with Gasteiger partial charge in [0.15, 0.2) is 12.0 Å². The fraction of sp³-hybridized carbons (Fsp3) is 0.143. The highest BCUT2D eigenvalue weighted by atomic mass is 19.4. The Morgan fingerprint density at radius 1 is 1.24 bits per heavy atom. The topological polar surface area (TPSA) is 59.3 Å². The zero-order chi connectivity index (χ0) is 15.6. The van der Waals surface area contributed by atoms with Gasteiger partial charge in [-0.15, -0.1) is 0 Å². The fourth-order valence-electron chi connectivity index (χ4n) is 1.78. The van der Waals surface area contributed by atoms with Crippen molar-refractivity contribution in [2.24, 2.45) is 0 Å². The van der Waals surface area contributed by atoms with Crippen LogP contribution in [0.15, 0.2) is 34.7 Å². The zero-order valence-electron chi connectivity index (χ0n) is 10.8. The lowest BCUT2D eigenvalue weighted by atomic mass is 10.1. The Morgan fingerprint density at radius 3 is 2.48 bits per heavy atom. The normalized spacial score (nSPS) is 11.2. The van der Waals surface area contributed by atoms with Crippen LogP contribution in [0.2, 0.25) is 0 Å². The van der Waals surface area contributed by atoms with Gasteiger partial charge in [0, 0.05) is 12.5 Å². The molecule has 21 heavy (non-hydrogen) atoms. The summed E-state index contributed by atoms with van der Waals surface area (Å²) >= 11 is 0. The largest absolute Gasteiger partial charge is 0.453 e. The van der Waals surface area contributed by atoms with E-state index in [4.69, 9.17) is 4.42 Å². The average molecular weight is 297 g/mol. The molecule has 0 unspecified atom stereocenters. The molecular weight excluding hydrogens is 287 g/mol. The van der Waals surface area contributed by atoms with Crippen molar-refractivity contribution >= 4 is 17.9 Å².